The van der Waals surface area contributed by atoms with Crippen molar-refractivity contribution in [2.45, 2.75) is 38.5 Å². The van der Waals surface area contributed by atoms with Gasteiger partial charge in [0, 0.05) is 11.6 Å². The fraction of sp³-hybridized carbons (Fsp3) is 0.400. The number of pyridine rings is 1. The Labute approximate surface area is 150 Å². The van der Waals surface area contributed by atoms with E-state index in [1.807, 2.05) is 6.07 Å². The zero-order valence-corrected chi connectivity index (χ0v) is 14.5. The lowest BCUT2D eigenvalue weighted by Crippen LogP contribution is -2.41. The highest BCUT2D eigenvalue weighted by atomic mass is 19.1. The van der Waals surface area contributed by atoms with Crippen molar-refractivity contribution in [3.05, 3.63) is 41.8 Å². The minimum absolute atomic E-state index is 0.0744. The molecule has 26 heavy (non-hydrogen) atoms. The van der Waals surface area contributed by atoms with Crippen LogP contribution in [0.2, 0.25) is 0 Å². The molecule has 1 saturated carbocycles. The van der Waals surface area contributed by atoms with Crippen LogP contribution >= 0.6 is 0 Å². The predicted molar refractivity (Wildman–Crippen MR) is 93.0 cm³/mol. The SMILES string of the molecule is CCOC(=O)C(=O)C1(C=O)CCC(c2ccnc3ccc(F)cc23)CC1. The number of ether oxygens (including phenoxy) is 1. The molecule has 0 radical (unpaired) electrons. The summed E-state index contributed by atoms with van der Waals surface area (Å²) in [6.07, 6.45) is 3.93. The molecule has 0 spiro atoms. The first kappa shape index (κ1) is 18.2. The summed E-state index contributed by atoms with van der Waals surface area (Å²) in [5.41, 5.74) is 0.355. The number of esters is 1. The summed E-state index contributed by atoms with van der Waals surface area (Å²) in [6, 6.07) is 6.32. The van der Waals surface area contributed by atoms with Gasteiger partial charge in [-0.3, -0.25) is 9.78 Å². The summed E-state index contributed by atoms with van der Waals surface area (Å²) in [4.78, 5) is 40.1. The molecule has 0 N–H and O–H groups in total. The number of ketones is 1. The molecule has 3 rings (SSSR count). The van der Waals surface area contributed by atoms with Gasteiger partial charge < -0.3 is 9.53 Å². The second-order valence-corrected chi connectivity index (χ2v) is 6.66. The van der Waals surface area contributed by atoms with Gasteiger partial charge in [0.15, 0.2) is 0 Å². The summed E-state index contributed by atoms with van der Waals surface area (Å²) in [5, 5.41) is 0.743. The van der Waals surface area contributed by atoms with Crippen molar-refractivity contribution >= 4 is 28.9 Å². The van der Waals surface area contributed by atoms with Crippen molar-refractivity contribution in [3.63, 3.8) is 0 Å². The molecular formula is C20H20FNO4. The van der Waals surface area contributed by atoms with Gasteiger partial charge in [0.05, 0.1) is 17.5 Å². The molecular weight excluding hydrogens is 337 g/mol. The van der Waals surface area contributed by atoms with Crippen LogP contribution in [0.4, 0.5) is 4.39 Å². The number of hydrogen-bond acceptors (Lipinski definition) is 5. The van der Waals surface area contributed by atoms with Crippen LogP contribution in [0, 0.1) is 11.2 Å². The maximum Gasteiger partial charge on any atom is 0.375 e. The van der Waals surface area contributed by atoms with Crippen LogP contribution in [0.1, 0.15) is 44.1 Å². The Kier molecular flexibility index (Phi) is 5.11. The van der Waals surface area contributed by atoms with Gasteiger partial charge in [0.1, 0.15) is 12.1 Å². The topological polar surface area (TPSA) is 73.3 Å². The molecule has 0 bridgehead atoms. The zero-order valence-electron chi connectivity index (χ0n) is 14.5. The first-order valence-corrected chi connectivity index (χ1v) is 8.73. The maximum absolute atomic E-state index is 13.7. The monoisotopic (exact) mass is 357 g/mol. The van der Waals surface area contributed by atoms with E-state index >= 15 is 0 Å². The number of fused-ring (bicyclic) bond motifs is 1. The molecule has 6 heteroatoms. The minimum atomic E-state index is -1.31. The second-order valence-electron chi connectivity index (χ2n) is 6.66. The number of aldehydes is 1. The average molecular weight is 357 g/mol. The van der Waals surface area contributed by atoms with E-state index in [-0.39, 0.29) is 31.2 Å². The Morgan fingerprint density at radius 3 is 2.69 bits per heavy atom. The smallest absolute Gasteiger partial charge is 0.375 e. The van der Waals surface area contributed by atoms with Gasteiger partial charge in [-0.15, -0.1) is 0 Å². The van der Waals surface area contributed by atoms with Gasteiger partial charge in [-0.2, -0.15) is 0 Å². The number of nitrogens with zero attached hydrogens (tertiary/aromatic N) is 1. The Bertz CT molecular complexity index is 856. The van der Waals surface area contributed by atoms with E-state index in [0.717, 1.165) is 10.9 Å². The third-order valence-electron chi connectivity index (χ3n) is 5.19. The molecule has 0 aliphatic heterocycles. The van der Waals surface area contributed by atoms with Crippen LogP contribution in [0.15, 0.2) is 30.5 Å². The molecule has 5 nitrogen and oxygen atoms in total. The normalized spacial score (nSPS) is 22.8. The minimum Gasteiger partial charge on any atom is -0.460 e. The van der Waals surface area contributed by atoms with Gasteiger partial charge in [0.2, 0.25) is 0 Å². The number of hydrogen-bond donors (Lipinski definition) is 0. The number of aromatic nitrogens is 1. The molecule has 1 fully saturated rings. The van der Waals surface area contributed by atoms with Crippen molar-refractivity contribution in [3.8, 4) is 0 Å². The number of rotatable bonds is 5. The summed E-state index contributed by atoms with van der Waals surface area (Å²) < 4.78 is 18.4. The standard InChI is InChI=1S/C20H20FNO4/c1-2-26-19(25)18(24)20(12-23)8-5-13(6-9-20)15-7-10-22-17-4-3-14(21)11-16(15)17/h3-4,7,10-13H,2,5-6,8-9H2,1H3. The Hall–Kier alpha value is -2.63. The molecule has 0 amide bonds. The van der Waals surface area contributed by atoms with Crippen LogP contribution < -0.4 is 0 Å². The first-order valence-electron chi connectivity index (χ1n) is 8.73. The van der Waals surface area contributed by atoms with Crippen molar-refractivity contribution in [1.29, 1.82) is 0 Å². The molecule has 1 heterocycles. The molecule has 0 unspecified atom stereocenters. The van der Waals surface area contributed by atoms with Crippen LogP contribution in [0.25, 0.3) is 10.9 Å². The molecule has 1 aliphatic rings. The molecule has 1 aromatic heterocycles. The summed E-state index contributed by atoms with van der Waals surface area (Å²) >= 11 is 0. The van der Waals surface area contributed by atoms with Gasteiger partial charge in [-0.25, -0.2) is 9.18 Å². The second kappa shape index (κ2) is 7.32. The maximum atomic E-state index is 13.7. The molecule has 2 aromatic rings. The lowest BCUT2D eigenvalue weighted by molar-refractivity contribution is -0.160. The van der Waals surface area contributed by atoms with Crippen LogP contribution in [-0.4, -0.2) is 29.6 Å². The number of benzene rings is 1. The van der Waals surface area contributed by atoms with Gasteiger partial charge >= 0.3 is 5.97 Å². The lowest BCUT2D eigenvalue weighted by atomic mass is 9.67. The van der Waals surface area contributed by atoms with Gasteiger partial charge in [0.25, 0.3) is 5.78 Å². The Morgan fingerprint density at radius 2 is 2.04 bits per heavy atom. The highest BCUT2D eigenvalue weighted by Crippen LogP contribution is 2.44. The summed E-state index contributed by atoms with van der Waals surface area (Å²) in [7, 11) is 0. The van der Waals surface area contributed by atoms with E-state index in [1.54, 1.807) is 19.2 Å². The zero-order chi connectivity index (χ0) is 18.7. The summed E-state index contributed by atoms with van der Waals surface area (Å²) in [6.45, 7) is 1.71. The van der Waals surface area contributed by atoms with E-state index in [1.165, 1.54) is 12.1 Å². The highest BCUT2D eigenvalue weighted by molar-refractivity contribution is 6.38. The molecule has 1 aliphatic carbocycles. The van der Waals surface area contributed by atoms with Crippen molar-refractivity contribution in [2.24, 2.45) is 5.41 Å². The Morgan fingerprint density at radius 1 is 1.31 bits per heavy atom. The fourth-order valence-electron chi connectivity index (χ4n) is 3.74. The lowest BCUT2D eigenvalue weighted by Gasteiger charge is -2.34. The van der Waals surface area contributed by atoms with E-state index < -0.39 is 17.2 Å². The third kappa shape index (κ3) is 3.23. The number of Topliss-reactive ketones (excluding diaryl/α,β-unsaturated/α-hetero) is 1. The molecule has 136 valence electrons. The van der Waals surface area contributed by atoms with Crippen LogP contribution in [-0.2, 0) is 19.1 Å². The van der Waals surface area contributed by atoms with E-state index in [2.05, 4.69) is 4.98 Å². The first-order chi connectivity index (χ1) is 12.5. The fourth-order valence-corrected chi connectivity index (χ4v) is 3.74. The Balaban J connectivity index is 1.84. The number of carbonyl (C=O) groups is 3. The van der Waals surface area contributed by atoms with Crippen LogP contribution in [0.5, 0.6) is 0 Å². The van der Waals surface area contributed by atoms with Crippen molar-refractivity contribution in [2.75, 3.05) is 6.61 Å². The number of halogens is 1. The largest absolute Gasteiger partial charge is 0.460 e. The quantitative estimate of drug-likeness (QED) is 0.355. The molecule has 1 aromatic carbocycles. The predicted octanol–water partition coefficient (Wildman–Crippen LogP) is 3.35. The van der Waals surface area contributed by atoms with Gasteiger partial charge in [-0.05, 0) is 68.4 Å². The van der Waals surface area contributed by atoms with Crippen LogP contribution in [0.3, 0.4) is 0 Å². The third-order valence-corrected chi connectivity index (χ3v) is 5.19. The molecule has 0 atom stereocenters. The van der Waals surface area contributed by atoms with Gasteiger partial charge in [-0.1, -0.05) is 0 Å². The highest BCUT2D eigenvalue weighted by Gasteiger charge is 2.45. The van der Waals surface area contributed by atoms with Crippen molar-refractivity contribution < 1.29 is 23.5 Å². The summed E-state index contributed by atoms with van der Waals surface area (Å²) in [5.74, 6) is -1.97. The number of carbonyl (C=O) groups excluding carboxylic acids is 3. The van der Waals surface area contributed by atoms with E-state index in [4.69, 9.17) is 4.74 Å². The average Bonchev–Trinajstić information content (AvgIpc) is 2.67. The van der Waals surface area contributed by atoms with E-state index in [0.29, 0.717) is 24.6 Å². The molecule has 0 saturated heterocycles. The van der Waals surface area contributed by atoms with E-state index in [9.17, 15) is 18.8 Å². The van der Waals surface area contributed by atoms with Crippen molar-refractivity contribution in [1.82, 2.24) is 4.98 Å².